The van der Waals surface area contributed by atoms with Crippen LogP contribution in [0.15, 0.2) is 24.3 Å². The molecular formula is C11H14ClNO3S. The zero-order chi connectivity index (χ0) is 12.9. The summed E-state index contributed by atoms with van der Waals surface area (Å²) in [5.41, 5.74) is 0.839. The van der Waals surface area contributed by atoms with Gasteiger partial charge < -0.3 is 5.32 Å². The van der Waals surface area contributed by atoms with E-state index in [1.54, 1.807) is 24.3 Å². The van der Waals surface area contributed by atoms with E-state index in [9.17, 15) is 13.2 Å². The maximum Gasteiger partial charge on any atom is 0.224 e. The SMILES string of the molecule is CS(=O)(=O)CCNC(=O)Cc1ccc(Cl)cc1. The third-order valence-corrected chi connectivity index (χ3v) is 3.27. The van der Waals surface area contributed by atoms with Crippen LogP contribution in [-0.2, 0) is 21.1 Å². The van der Waals surface area contributed by atoms with Crippen molar-refractivity contribution in [2.75, 3.05) is 18.6 Å². The molecular weight excluding hydrogens is 262 g/mol. The summed E-state index contributed by atoms with van der Waals surface area (Å²) >= 11 is 5.71. The van der Waals surface area contributed by atoms with Crippen molar-refractivity contribution in [2.45, 2.75) is 6.42 Å². The molecule has 0 saturated heterocycles. The van der Waals surface area contributed by atoms with E-state index in [1.165, 1.54) is 0 Å². The molecule has 0 aliphatic carbocycles. The quantitative estimate of drug-likeness (QED) is 0.873. The van der Waals surface area contributed by atoms with Crippen LogP contribution in [0.25, 0.3) is 0 Å². The van der Waals surface area contributed by atoms with Crippen LogP contribution in [0.2, 0.25) is 5.02 Å². The molecule has 0 unspecified atom stereocenters. The molecule has 94 valence electrons. The second-order valence-electron chi connectivity index (χ2n) is 3.78. The first-order valence-corrected chi connectivity index (χ1v) is 7.49. The molecule has 0 aliphatic rings. The summed E-state index contributed by atoms with van der Waals surface area (Å²) in [5, 5.41) is 3.17. The molecule has 1 rings (SSSR count). The molecule has 1 aromatic carbocycles. The van der Waals surface area contributed by atoms with E-state index in [0.717, 1.165) is 11.8 Å². The average Bonchev–Trinajstić information content (AvgIpc) is 2.19. The third kappa shape index (κ3) is 6.28. The Labute approximate surface area is 106 Å². The van der Waals surface area contributed by atoms with Crippen LogP contribution in [0.1, 0.15) is 5.56 Å². The first kappa shape index (κ1) is 14.0. The van der Waals surface area contributed by atoms with Crippen LogP contribution >= 0.6 is 11.6 Å². The largest absolute Gasteiger partial charge is 0.355 e. The Balaban J connectivity index is 2.37. The Morgan fingerprint density at radius 3 is 2.41 bits per heavy atom. The normalized spacial score (nSPS) is 11.2. The molecule has 0 fully saturated rings. The van der Waals surface area contributed by atoms with Crippen molar-refractivity contribution in [3.05, 3.63) is 34.9 Å². The maximum atomic E-state index is 11.4. The number of carbonyl (C=O) groups is 1. The lowest BCUT2D eigenvalue weighted by molar-refractivity contribution is -0.120. The Morgan fingerprint density at radius 1 is 1.29 bits per heavy atom. The van der Waals surface area contributed by atoms with Gasteiger partial charge in [0.05, 0.1) is 12.2 Å². The highest BCUT2D eigenvalue weighted by Crippen LogP contribution is 2.09. The van der Waals surface area contributed by atoms with Gasteiger partial charge in [-0.2, -0.15) is 0 Å². The van der Waals surface area contributed by atoms with Crippen molar-refractivity contribution in [1.82, 2.24) is 5.32 Å². The predicted molar refractivity (Wildman–Crippen MR) is 67.9 cm³/mol. The Bertz CT molecular complexity index is 482. The fraction of sp³-hybridized carbons (Fsp3) is 0.364. The molecule has 1 N–H and O–H groups in total. The van der Waals surface area contributed by atoms with Crippen LogP contribution in [0.3, 0.4) is 0 Å². The van der Waals surface area contributed by atoms with Crippen molar-refractivity contribution in [3.8, 4) is 0 Å². The van der Waals surface area contributed by atoms with Crippen molar-refractivity contribution in [3.63, 3.8) is 0 Å². The van der Waals surface area contributed by atoms with Gasteiger partial charge in [-0.1, -0.05) is 23.7 Å². The minimum absolute atomic E-state index is 0.0423. The Kier molecular flexibility index (Phi) is 4.96. The van der Waals surface area contributed by atoms with E-state index < -0.39 is 9.84 Å². The summed E-state index contributed by atoms with van der Waals surface area (Å²) in [6.45, 7) is 0.144. The molecule has 0 atom stereocenters. The number of hydrogen-bond donors (Lipinski definition) is 1. The monoisotopic (exact) mass is 275 g/mol. The van der Waals surface area contributed by atoms with Gasteiger partial charge in [0.25, 0.3) is 0 Å². The van der Waals surface area contributed by atoms with E-state index in [-0.39, 0.29) is 24.6 Å². The van der Waals surface area contributed by atoms with Gasteiger partial charge in [0.15, 0.2) is 0 Å². The molecule has 0 radical (unpaired) electrons. The molecule has 1 aromatic rings. The fourth-order valence-electron chi connectivity index (χ4n) is 1.23. The number of nitrogens with one attached hydrogen (secondary N) is 1. The van der Waals surface area contributed by atoms with E-state index in [0.29, 0.717) is 5.02 Å². The maximum absolute atomic E-state index is 11.4. The molecule has 4 nitrogen and oxygen atoms in total. The third-order valence-electron chi connectivity index (χ3n) is 2.07. The molecule has 0 spiro atoms. The lowest BCUT2D eigenvalue weighted by atomic mass is 10.1. The summed E-state index contributed by atoms with van der Waals surface area (Å²) < 4.78 is 21.7. The summed E-state index contributed by atoms with van der Waals surface area (Å²) in [5.74, 6) is -0.240. The second-order valence-corrected chi connectivity index (χ2v) is 6.48. The fourth-order valence-corrected chi connectivity index (χ4v) is 1.82. The minimum Gasteiger partial charge on any atom is -0.355 e. The number of halogens is 1. The van der Waals surface area contributed by atoms with Gasteiger partial charge in [-0.05, 0) is 17.7 Å². The van der Waals surface area contributed by atoms with Crippen molar-refractivity contribution in [1.29, 1.82) is 0 Å². The first-order chi connectivity index (χ1) is 7.87. The van der Waals surface area contributed by atoms with Crippen LogP contribution in [0.5, 0.6) is 0 Å². The highest BCUT2D eigenvalue weighted by atomic mass is 35.5. The Morgan fingerprint density at radius 2 is 1.88 bits per heavy atom. The summed E-state index contributed by atoms with van der Waals surface area (Å²) in [4.78, 5) is 11.4. The number of amides is 1. The summed E-state index contributed by atoms with van der Waals surface area (Å²) in [6, 6.07) is 6.94. The highest BCUT2D eigenvalue weighted by molar-refractivity contribution is 7.90. The minimum atomic E-state index is -3.03. The van der Waals surface area contributed by atoms with Gasteiger partial charge in [0.2, 0.25) is 5.91 Å². The van der Waals surface area contributed by atoms with Crippen molar-refractivity contribution in [2.24, 2.45) is 0 Å². The van der Waals surface area contributed by atoms with Gasteiger partial charge in [0, 0.05) is 17.8 Å². The first-order valence-electron chi connectivity index (χ1n) is 5.06. The summed E-state index contributed by atoms with van der Waals surface area (Å²) in [6.07, 6.45) is 1.36. The standard InChI is InChI=1S/C11H14ClNO3S/c1-17(15,16)7-6-13-11(14)8-9-2-4-10(12)5-3-9/h2-5H,6-8H2,1H3,(H,13,14). The van der Waals surface area contributed by atoms with E-state index in [1.807, 2.05) is 0 Å². The lowest BCUT2D eigenvalue weighted by Gasteiger charge is -2.04. The van der Waals surface area contributed by atoms with Crippen LogP contribution < -0.4 is 5.32 Å². The molecule has 1 amide bonds. The topological polar surface area (TPSA) is 63.2 Å². The van der Waals surface area contributed by atoms with Gasteiger partial charge in [-0.15, -0.1) is 0 Å². The predicted octanol–water partition coefficient (Wildman–Crippen LogP) is 1.04. The average molecular weight is 276 g/mol. The molecule has 17 heavy (non-hydrogen) atoms. The summed E-state index contributed by atoms with van der Waals surface area (Å²) in [7, 11) is -3.03. The van der Waals surface area contributed by atoms with Crippen LogP contribution in [0.4, 0.5) is 0 Å². The molecule has 0 aromatic heterocycles. The van der Waals surface area contributed by atoms with Gasteiger partial charge >= 0.3 is 0 Å². The molecule has 0 aliphatic heterocycles. The number of carbonyl (C=O) groups excluding carboxylic acids is 1. The molecule has 6 heteroatoms. The number of sulfone groups is 1. The van der Waals surface area contributed by atoms with E-state index >= 15 is 0 Å². The zero-order valence-corrected chi connectivity index (χ0v) is 11.0. The van der Waals surface area contributed by atoms with Crippen molar-refractivity contribution < 1.29 is 13.2 Å². The van der Waals surface area contributed by atoms with E-state index in [2.05, 4.69) is 5.32 Å². The zero-order valence-electron chi connectivity index (χ0n) is 9.44. The van der Waals surface area contributed by atoms with Crippen LogP contribution in [-0.4, -0.2) is 32.9 Å². The molecule has 0 saturated carbocycles. The molecule has 0 heterocycles. The highest BCUT2D eigenvalue weighted by Gasteiger charge is 2.05. The van der Waals surface area contributed by atoms with Crippen molar-refractivity contribution >= 4 is 27.3 Å². The van der Waals surface area contributed by atoms with Gasteiger partial charge in [-0.25, -0.2) is 8.42 Å². The molecule has 0 bridgehead atoms. The number of benzene rings is 1. The smallest absolute Gasteiger partial charge is 0.224 e. The number of hydrogen-bond acceptors (Lipinski definition) is 3. The number of rotatable bonds is 5. The Hall–Kier alpha value is -1.07. The second kappa shape index (κ2) is 6.02. The van der Waals surface area contributed by atoms with Gasteiger partial charge in [0.1, 0.15) is 9.84 Å². The lowest BCUT2D eigenvalue weighted by Crippen LogP contribution is -2.29. The van der Waals surface area contributed by atoms with Crippen LogP contribution in [0, 0.1) is 0 Å². The van der Waals surface area contributed by atoms with Gasteiger partial charge in [-0.3, -0.25) is 4.79 Å². The van der Waals surface area contributed by atoms with E-state index in [4.69, 9.17) is 11.6 Å².